The van der Waals surface area contributed by atoms with E-state index in [1.54, 1.807) is 43.3 Å². The van der Waals surface area contributed by atoms with Crippen LogP contribution in [0.1, 0.15) is 30.5 Å². The van der Waals surface area contributed by atoms with E-state index in [9.17, 15) is 18.0 Å². The van der Waals surface area contributed by atoms with Gasteiger partial charge in [0.2, 0.25) is 15.9 Å². The van der Waals surface area contributed by atoms with Crippen molar-refractivity contribution < 1.29 is 18.0 Å². The molecule has 0 saturated carbocycles. The highest BCUT2D eigenvalue weighted by Crippen LogP contribution is 2.21. The number of rotatable bonds is 7. The average molecular weight is 431 g/mol. The number of aryl methyl sites for hydroxylation is 2. The maximum Gasteiger partial charge on any atom is 0.260 e. The first-order valence-electron chi connectivity index (χ1n) is 9.23. The zero-order chi connectivity index (χ0) is 22.5. The Kier molecular flexibility index (Phi) is 7.33. The second-order valence-electron chi connectivity index (χ2n) is 7.11. The van der Waals surface area contributed by atoms with Crippen LogP contribution in [0.15, 0.2) is 47.6 Å². The lowest BCUT2D eigenvalue weighted by Crippen LogP contribution is -2.39. The number of nitrogens with one attached hydrogen (secondary N) is 2. The zero-order valence-electron chi connectivity index (χ0n) is 17.7. The largest absolute Gasteiger partial charge is 0.326 e. The molecule has 0 saturated heterocycles. The van der Waals surface area contributed by atoms with Gasteiger partial charge in [0.05, 0.1) is 17.7 Å². The van der Waals surface area contributed by atoms with Crippen LogP contribution in [0.4, 0.5) is 11.4 Å². The molecule has 0 heterocycles. The summed E-state index contributed by atoms with van der Waals surface area (Å²) < 4.78 is 25.5. The molecule has 30 heavy (non-hydrogen) atoms. The molecule has 0 bridgehead atoms. The number of hydrazone groups is 1. The van der Waals surface area contributed by atoms with Crippen LogP contribution in [0.2, 0.25) is 0 Å². The minimum absolute atomic E-state index is 0.192. The van der Waals surface area contributed by atoms with E-state index in [0.717, 1.165) is 21.7 Å². The number of hydrogen-bond acceptors (Lipinski definition) is 5. The first-order chi connectivity index (χ1) is 14.0. The summed E-state index contributed by atoms with van der Waals surface area (Å²) >= 11 is 0. The molecule has 9 heteroatoms. The van der Waals surface area contributed by atoms with Crippen LogP contribution in [0.5, 0.6) is 0 Å². The Balaban J connectivity index is 2.16. The molecule has 0 aliphatic heterocycles. The molecule has 160 valence electrons. The van der Waals surface area contributed by atoms with Gasteiger partial charge in [0.15, 0.2) is 0 Å². The van der Waals surface area contributed by atoms with Crippen molar-refractivity contribution in [3.63, 3.8) is 0 Å². The van der Waals surface area contributed by atoms with E-state index in [-0.39, 0.29) is 5.91 Å². The summed E-state index contributed by atoms with van der Waals surface area (Å²) in [5.41, 5.74) is 6.44. The van der Waals surface area contributed by atoms with Gasteiger partial charge in [0.1, 0.15) is 6.54 Å². The molecule has 0 aliphatic rings. The van der Waals surface area contributed by atoms with E-state index in [0.29, 0.717) is 22.6 Å². The Bertz CT molecular complexity index is 1070. The molecule has 0 fully saturated rings. The third-order valence-corrected chi connectivity index (χ3v) is 5.27. The lowest BCUT2D eigenvalue weighted by atomic mass is 10.1. The Morgan fingerprint density at radius 2 is 1.67 bits per heavy atom. The topological polar surface area (TPSA) is 108 Å². The van der Waals surface area contributed by atoms with E-state index in [2.05, 4.69) is 15.8 Å². The van der Waals surface area contributed by atoms with Gasteiger partial charge in [-0.15, -0.1) is 0 Å². The minimum atomic E-state index is -3.67. The molecule has 2 amide bonds. The van der Waals surface area contributed by atoms with Gasteiger partial charge in [-0.2, -0.15) is 5.10 Å². The van der Waals surface area contributed by atoms with Crippen LogP contribution in [0, 0.1) is 13.8 Å². The molecule has 0 unspecified atom stereocenters. The van der Waals surface area contributed by atoms with Crippen molar-refractivity contribution in [2.45, 2.75) is 27.7 Å². The van der Waals surface area contributed by atoms with Gasteiger partial charge in [-0.25, -0.2) is 13.8 Å². The fourth-order valence-corrected chi connectivity index (χ4v) is 3.74. The predicted octanol–water partition coefficient (Wildman–Crippen LogP) is 2.57. The third kappa shape index (κ3) is 6.70. The Hall–Kier alpha value is -3.20. The number of anilines is 2. The third-order valence-electron chi connectivity index (χ3n) is 4.13. The highest BCUT2D eigenvalue weighted by atomic mass is 32.2. The molecule has 0 spiro atoms. The molecule has 2 aromatic rings. The van der Waals surface area contributed by atoms with Gasteiger partial charge in [0.25, 0.3) is 5.91 Å². The Morgan fingerprint density at radius 1 is 1.03 bits per heavy atom. The number of amides is 2. The fraction of sp³-hybridized carbons (Fsp3) is 0.286. The van der Waals surface area contributed by atoms with Crippen LogP contribution in [0.3, 0.4) is 0 Å². The second-order valence-corrected chi connectivity index (χ2v) is 9.02. The number of hydrogen-bond donors (Lipinski definition) is 2. The van der Waals surface area contributed by atoms with Gasteiger partial charge >= 0.3 is 0 Å². The lowest BCUT2D eigenvalue weighted by molar-refractivity contribution is -0.119. The maximum atomic E-state index is 12.4. The molecular formula is C21H26N4O4S. The summed E-state index contributed by atoms with van der Waals surface area (Å²) in [5, 5.41) is 6.74. The zero-order valence-corrected chi connectivity index (χ0v) is 18.5. The molecule has 0 atom stereocenters. The quantitative estimate of drug-likeness (QED) is 0.520. The first-order valence-corrected chi connectivity index (χ1v) is 11.1. The fourth-order valence-electron chi connectivity index (χ4n) is 2.90. The minimum Gasteiger partial charge on any atom is -0.326 e. The maximum absolute atomic E-state index is 12.4. The Labute approximate surface area is 177 Å². The van der Waals surface area contributed by atoms with Gasteiger partial charge in [-0.05, 0) is 61.7 Å². The number of carbonyl (C=O) groups excluding carboxylic acids is 2. The molecule has 2 aromatic carbocycles. The van der Waals surface area contributed by atoms with E-state index in [1.165, 1.54) is 6.92 Å². The normalized spacial score (nSPS) is 11.7. The van der Waals surface area contributed by atoms with Crippen molar-refractivity contribution in [1.82, 2.24) is 5.43 Å². The van der Waals surface area contributed by atoms with Gasteiger partial charge in [0, 0.05) is 12.6 Å². The van der Waals surface area contributed by atoms with Crippen LogP contribution in [-0.4, -0.2) is 38.7 Å². The first kappa shape index (κ1) is 23.1. The van der Waals surface area contributed by atoms with Crippen LogP contribution >= 0.6 is 0 Å². The summed E-state index contributed by atoms with van der Waals surface area (Å²) in [7, 11) is -3.67. The number of sulfonamides is 1. The second kappa shape index (κ2) is 9.53. The van der Waals surface area contributed by atoms with Gasteiger partial charge in [-0.1, -0.05) is 18.2 Å². The SMILES string of the molecule is CC(=O)Nc1cccc(C(C)=NNC(=O)CN(c2cc(C)cc(C)c2)S(C)(=O)=O)c1. The van der Waals surface area contributed by atoms with Gasteiger partial charge in [-0.3, -0.25) is 13.9 Å². The highest BCUT2D eigenvalue weighted by molar-refractivity contribution is 7.92. The monoisotopic (exact) mass is 430 g/mol. The van der Waals surface area contributed by atoms with Crippen LogP contribution in [-0.2, 0) is 19.6 Å². The molecule has 2 N–H and O–H groups in total. The number of carbonyl (C=O) groups is 2. The summed E-state index contributed by atoms with van der Waals surface area (Å²) in [6, 6.07) is 12.4. The average Bonchev–Trinajstić information content (AvgIpc) is 2.62. The highest BCUT2D eigenvalue weighted by Gasteiger charge is 2.21. The summed E-state index contributed by atoms with van der Waals surface area (Å²) in [5.74, 6) is -0.765. The van der Waals surface area contributed by atoms with Crippen molar-refractivity contribution >= 4 is 38.9 Å². The van der Waals surface area contributed by atoms with E-state index in [4.69, 9.17) is 0 Å². The van der Waals surface area contributed by atoms with Crippen molar-refractivity contribution in [3.05, 3.63) is 59.2 Å². The van der Waals surface area contributed by atoms with Crippen molar-refractivity contribution in [2.75, 3.05) is 22.4 Å². The molecule has 0 radical (unpaired) electrons. The van der Waals surface area contributed by atoms with E-state index >= 15 is 0 Å². The smallest absolute Gasteiger partial charge is 0.260 e. The summed E-state index contributed by atoms with van der Waals surface area (Å²) in [6.45, 7) is 6.44. The number of nitrogens with zero attached hydrogens (tertiary/aromatic N) is 2. The molecular weight excluding hydrogens is 404 g/mol. The molecule has 0 aromatic heterocycles. The van der Waals surface area contributed by atoms with Crippen molar-refractivity contribution in [2.24, 2.45) is 5.10 Å². The van der Waals surface area contributed by atoms with Crippen LogP contribution < -0.4 is 15.0 Å². The van der Waals surface area contributed by atoms with E-state index < -0.39 is 22.5 Å². The van der Waals surface area contributed by atoms with Gasteiger partial charge < -0.3 is 5.32 Å². The number of benzene rings is 2. The summed E-state index contributed by atoms with van der Waals surface area (Å²) in [4.78, 5) is 23.6. The van der Waals surface area contributed by atoms with Crippen molar-refractivity contribution in [3.8, 4) is 0 Å². The summed E-state index contributed by atoms with van der Waals surface area (Å²) in [6.07, 6.45) is 1.06. The van der Waals surface area contributed by atoms with Crippen LogP contribution in [0.25, 0.3) is 0 Å². The standard InChI is InChI=1S/C21H26N4O4S/c1-14-9-15(2)11-20(10-14)25(30(5,28)29)13-21(27)24-23-16(3)18-7-6-8-19(12-18)22-17(4)26/h6-12H,13H2,1-5H3,(H,22,26)(H,24,27). The Morgan fingerprint density at radius 3 is 2.23 bits per heavy atom. The predicted molar refractivity (Wildman–Crippen MR) is 119 cm³/mol. The van der Waals surface area contributed by atoms with E-state index in [1.807, 2.05) is 19.9 Å². The molecule has 0 aliphatic carbocycles. The molecule has 8 nitrogen and oxygen atoms in total. The lowest BCUT2D eigenvalue weighted by Gasteiger charge is -2.22. The molecule has 2 rings (SSSR count). The van der Waals surface area contributed by atoms with Crippen molar-refractivity contribution in [1.29, 1.82) is 0 Å².